The quantitative estimate of drug-likeness (QED) is 0.883. The van der Waals surface area contributed by atoms with Crippen molar-refractivity contribution >= 4 is 34.6 Å². The summed E-state index contributed by atoms with van der Waals surface area (Å²) in [6.45, 7) is 4.45. The van der Waals surface area contributed by atoms with Crippen molar-refractivity contribution in [3.05, 3.63) is 17.3 Å². The van der Waals surface area contributed by atoms with E-state index in [4.69, 9.17) is 17.3 Å². The number of nitrogens with zero attached hydrogens (tertiary/aromatic N) is 3. The number of nitrogen functional groups attached to an aromatic ring is 1. The zero-order valence-corrected chi connectivity index (χ0v) is 12.3. The van der Waals surface area contributed by atoms with Gasteiger partial charge in [-0.1, -0.05) is 18.5 Å². The number of aryl methyl sites for hydroxylation is 1. The van der Waals surface area contributed by atoms with E-state index >= 15 is 0 Å². The molecule has 20 heavy (non-hydrogen) atoms. The number of aromatic nitrogens is 3. The minimum absolute atomic E-state index is 0.00503. The first kappa shape index (κ1) is 14.6. The Bertz CT molecular complexity index is 624. The third-order valence-electron chi connectivity index (χ3n) is 3.16. The molecule has 2 rings (SSSR count). The fourth-order valence-electron chi connectivity index (χ4n) is 1.89. The number of halogens is 1. The fraction of sp³-hybridized carbons (Fsp3) is 0.462. The number of nitrogens with two attached hydrogens (primary N) is 1. The van der Waals surface area contributed by atoms with E-state index in [-0.39, 0.29) is 11.9 Å². The molecule has 0 fully saturated rings. The molecule has 1 unspecified atom stereocenters. The summed E-state index contributed by atoms with van der Waals surface area (Å²) in [4.78, 5) is 20.2. The van der Waals surface area contributed by atoms with Crippen LogP contribution in [0.1, 0.15) is 26.7 Å². The number of carbonyl (C=O) groups excluding carboxylic acids is 1. The van der Waals surface area contributed by atoms with Crippen molar-refractivity contribution in [3.8, 4) is 0 Å². The lowest BCUT2D eigenvalue weighted by Crippen LogP contribution is -2.32. The predicted octanol–water partition coefficient (Wildman–Crippen LogP) is 1.97. The Hall–Kier alpha value is -1.82. The van der Waals surface area contributed by atoms with E-state index in [0.29, 0.717) is 35.1 Å². The number of nitrogens with one attached hydrogen (secondary N) is 1. The molecule has 0 aliphatic rings. The van der Waals surface area contributed by atoms with E-state index in [9.17, 15) is 4.79 Å². The number of hydrogen-bond acceptors (Lipinski definition) is 4. The van der Waals surface area contributed by atoms with Gasteiger partial charge in [0.15, 0.2) is 5.65 Å². The summed E-state index contributed by atoms with van der Waals surface area (Å²) in [5.74, 6) is 0.334. The van der Waals surface area contributed by atoms with Crippen molar-refractivity contribution in [2.75, 3.05) is 5.73 Å². The SMILES string of the molecule is CCC(C)NC(=O)CCn1c(N)nc2cc(Cl)cnc21. The van der Waals surface area contributed by atoms with Gasteiger partial charge in [0.1, 0.15) is 5.52 Å². The van der Waals surface area contributed by atoms with E-state index in [0.717, 1.165) is 6.42 Å². The second-order valence-corrected chi connectivity index (χ2v) is 5.18. The summed E-state index contributed by atoms with van der Waals surface area (Å²) >= 11 is 5.86. The molecule has 0 bridgehead atoms. The Balaban J connectivity index is 2.10. The van der Waals surface area contributed by atoms with Gasteiger partial charge in [-0.2, -0.15) is 0 Å². The average Bonchev–Trinajstić information content (AvgIpc) is 2.70. The van der Waals surface area contributed by atoms with Crippen molar-refractivity contribution in [1.82, 2.24) is 19.9 Å². The third kappa shape index (κ3) is 3.19. The average molecular weight is 296 g/mol. The zero-order valence-electron chi connectivity index (χ0n) is 11.6. The van der Waals surface area contributed by atoms with Crippen molar-refractivity contribution in [2.45, 2.75) is 39.3 Å². The fourth-order valence-corrected chi connectivity index (χ4v) is 2.04. The molecular formula is C13H18ClN5O. The second kappa shape index (κ2) is 6.09. The van der Waals surface area contributed by atoms with Crippen LogP contribution in [0.2, 0.25) is 5.02 Å². The molecule has 1 atom stereocenters. The minimum Gasteiger partial charge on any atom is -0.369 e. The zero-order chi connectivity index (χ0) is 14.7. The largest absolute Gasteiger partial charge is 0.369 e. The molecule has 0 aliphatic carbocycles. The number of amides is 1. The number of rotatable bonds is 5. The number of imidazole rings is 1. The van der Waals surface area contributed by atoms with Crippen LogP contribution >= 0.6 is 11.6 Å². The molecule has 0 aromatic carbocycles. The topological polar surface area (TPSA) is 85.8 Å². The summed E-state index contributed by atoms with van der Waals surface area (Å²) in [7, 11) is 0. The Morgan fingerprint density at radius 3 is 3.05 bits per heavy atom. The second-order valence-electron chi connectivity index (χ2n) is 4.74. The predicted molar refractivity (Wildman–Crippen MR) is 79.5 cm³/mol. The highest BCUT2D eigenvalue weighted by atomic mass is 35.5. The summed E-state index contributed by atoms with van der Waals surface area (Å²) < 4.78 is 1.72. The number of fused-ring (bicyclic) bond motifs is 1. The highest BCUT2D eigenvalue weighted by molar-refractivity contribution is 6.31. The van der Waals surface area contributed by atoms with Crippen LogP contribution in [-0.4, -0.2) is 26.5 Å². The van der Waals surface area contributed by atoms with E-state index in [1.165, 1.54) is 0 Å². The Labute approximate surface area is 122 Å². The molecule has 1 amide bonds. The van der Waals surface area contributed by atoms with Crippen molar-refractivity contribution < 1.29 is 4.79 Å². The lowest BCUT2D eigenvalue weighted by molar-refractivity contribution is -0.121. The summed E-state index contributed by atoms with van der Waals surface area (Å²) in [5.41, 5.74) is 7.13. The molecule has 6 nitrogen and oxygen atoms in total. The van der Waals surface area contributed by atoms with Gasteiger partial charge in [-0.25, -0.2) is 9.97 Å². The maximum Gasteiger partial charge on any atom is 0.222 e. The van der Waals surface area contributed by atoms with E-state index in [1.807, 2.05) is 13.8 Å². The molecule has 7 heteroatoms. The molecule has 0 spiro atoms. The van der Waals surface area contributed by atoms with Crippen molar-refractivity contribution in [2.24, 2.45) is 0 Å². The van der Waals surface area contributed by atoms with Crippen LogP contribution in [0, 0.1) is 0 Å². The van der Waals surface area contributed by atoms with Crippen LogP contribution in [0.15, 0.2) is 12.3 Å². The Morgan fingerprint density at radius 2 is 2.35 bits per heavy atom. The molecule has 0 saturated carbocycles. The number of pyridine rings is 1. The van der Waals surface area contributed by atoms with E-state index in [2.05, 4.69) is 15.3 Å². The van der Waals surface area contributed by atoms with Gasteiger partial charge in [-0.15, -0.1) is 0 Å². The van der Waals surface area contributed by atoms with Crippen LogP contribution in [0.5, 0.6) is 0 Å². The maximum atomic E-state index is 11.8. The lowest BCUT2D eigenvalue weighted by Gasteiger charge is -2.11. The molecule has 2 heterocycles. The van der Waals surface area contributed by atoms with E-state index < -0.39 is 0 Å². The smallest absolute Gasteiger partial charge is 0.222 e. The van der Waals surface area contributed by atoms with Gasteiger partial charge < -0.3 is 11.1 Å². The van der Waals surface area contributed by atoms with Crippen molar-refractivity contribution in [1.29, 1.82) is 0 Å². The van der Waals surface area contributed by atoms with Gasteiger partial charge in [0, 0.05) is 25.2 Å². The first-order valence-electron chi connectivity index (χ1n) is 6.58. The number of hydrogen-bond donors (Lipinski definition) is 2. The van der Waals surface area contributed by atoms with E-state index in [1.54, 1.807) is 16.8 Å². The normalized spacial score (nSPS) is 12.6. The van der Waals surface area contributed by atoms with Crippen LogP contribution in [0.25, 0.3) is 11.2 Å². The first-order valence-corrected chi connectivity index (χ1v) is 6.95. The standard InChI is InChI=1S/C13H18ClN5O/c1-3-8(2)17-11(20)4-5-19-12-10(18-13(19)15)6-9(14)7-16-12/h6-8H,3-5H2,1-2H3,(H2,15,18)(H,17,20). The van der Waals surface area contributed by atoms with Crippen LogP contribution < -0.4 is 11.1 Å². The molecule has 2 aromatic heterocycles. The maximum absolute atomic E-state index is 11.8. The first-order chi connectivity index (χ1) is 9.51. The van der Waals surface area contributed by atoms with Gasteiger partial charge in [0.2, 0.25) is 11.9 Å². The third-order valence-corrected chi connectivity index (χ3v) is 3.37. The number of anilines is 1. The number of carbonyl (C=O) groups is 1. The van der Waals surface area contributed by atoms with Gasteiger partial charge in [-0.05, 0) is 19.4 Å². The van der Waals surface area contributed by atoms with Gasteiger partial charge in [-0.3, -0.25) is 9.36 Å². The highest BCUT2D eigenvalue weighted by Crippen LogP contribution is 2.19. The molecule has 0 saturated heterocycles. The van der Waals surface area contributed by atoms with Crippen molar-refractivity contribution in [3.63, 3.8) is 0 Å². The molecule has 3 N–H and O–H groups in total. The molecular weight excluding hydrogens is 278 g/mol. The van der Waals surface area contributed by atoms with Gasteiger partial charge in [0.05, 0.1) is 5.02 Å². The van der Waals surface area contributed by atoms with Crippen LogP contribution in [-0.2, 0) is 11.3 Å². The lowest BCUT2D eigenvalue weighted by atomic mass is 10.2. The Kier molecular flexibility index (Phi) is 4.44. The summed E-state index contributed by atoms with van der Waals surface area (Å²) in [6.07, 6.45) is 2.78. The van der Waals surface area contributed by atoms with Crippen LogP contribution in [0.4, 0.5) is 5.95 Å². The molecule has 0 radical (unpaired) electrons. The molecule has 0 aliphatic heterocycles. The Morgan fingerprint density at radius 1 is 1.60 bits per heavy atom. The molecule has 2 aromatic rings. The summed E-state index contributed by atoms with van der Waals surface area (Å²) in [6, 6.07) is 1.88. The van der Waals surface area contributed by atoms with Gasteiger partial charge >= 0.3 is 0 Å². The monoisotopic (exact) mass is 295 g/mol. The highest BCUT2D eigenvalue weighted by Gasteiger charge is 2.12. The molecule has 108 valence electrons. The van der Waals surface area contributed by atoms with Gasteiger partial charge in [0.25, 0.3) is 0 Å². The summed E-state index contributed by atoms with van der Waals surface area (Å²) in [5, 5.41) is 3.42. The minimum atomic E-state index is -0.00503. The van der Waals surface area contributed by atoms with Crippen LogP contribution in [0.3, 0.4) is 0 Å².